The maximum atomic E-state index is 12.6. The summed E-state index contributed by atoms with van der Waals surface area (Å²) in [7, 11) is 1.58. The number of carbonyl (C=O) groups is 2. The molecule has 0 bridgehead atoms. The Hall–Kier alpha value is -3.52. The standard InChI is InChI=1S/C22H22ClN3O5/c1-3-30-21(27)19-20(31-13-24-19)18(12-14-4-10-17(29-2)11-5-14)26-22(28)25-16-8-6-15(23)7-9-16/h4-11,13,18H,3,12H2,1-2H3,(H2,25,26,28). The number of esters is 1. The van der Waals surface area contributed by atoms with E-state index in [0.29, 0.717) is 22.9 Å². The van der Waals surface area contributed by atoms with Crippen molar-refractivity contribution in [2.45, 2.75) is 19.4 Å². The van der Waals surface area contributed by atoms with Crippen molar-refractivity contribution in [2.24, 2.45) is 0 Å². The molecule has 0 saturated carbocycles. The molecule has 0 saturated heterocycles. The average Bonchev–Trinajstić information content (AvgIpc) is 3.26. The Kier molecular flexibility index (Phi) is 7.50. The van der Waals surface area contributed by atoms with Gasteiger partial charge in [0.2, 0.25) is 0 Å². The van der Waals surface area contributed by atoms with E-state index in [1.165, 1.54) is 0 Å². The molecule has 0 radical (unpaired) electrons. The smallest absolute Gasteiger partial charge is 0.360 e. The van der Waals surface area contributed by atoms with Gasteiger partial charge in [0.25, 0.3) is 0 Å². The first-order chi connectivity index (χ1) is 15.0. The normalized spacial score (nSPS) is 11.5. The summed E-state index contributed by atoms with van der Waals surface area (Å²) in [4.78, 5) is 28.9. The van der Waals surface area contributed by atoms with Gasteiger partial charge in [0.15, 0.2) is 17.8 Å². The Bertz CT molecular complexity index is 1020. The van der Waals surface area contributed by atoms with E-state index in [1.807, 2.05) is 24.3 Å². The molecule has 1 aromatic heterocycles. The van der Waals surface area contributed by atoms with Gasteiger partial charge in [-0.15, -0.1) is 0 Å². The number of carbonyl (C=O) groups excluding carboxylic acids is 2. The molecule has 0 aliphatic heterocycles. The molecule has 9 heteroatoms. The number of anilines is 1. The van der Waals surface area contributed by atoms with Crippen LogP contribution in [-0.4, -0.2) is 30.7 Å². The van der Waals surface area contributed by atoms with Crippen LogP contribution in [-0.2, 0) is 11.2 Å². The number of benzene rings is 2. The number of amides is 2. The molecule has 8 nitrogen and oxygen atoms in total. The maximum absolute atomic E-state index is 12.6. The van der Waals surface area contributed by atoms with E-state index in [4.69, 9.17) is 25.5 Å². The highest BCUT2D eigenvalue weighted by molar-refractivity contribution is 6.30. The second-order valence-corrected chi connectivity index (χ2v) is 6.93. The number of urea groups is 1. The van der Waals surface area contributed by atoms with Gasteiger partial charge in [-0.1, -0.05) is 23.7 Å². The van der Waals surface area contributed by atoms with Gasteiger partial charge in [0.05, 0.1) is 19.8 Å². The molecule has 3 rings (SSSR count). The molecule has 31 heavy (non-hydrogen) atoms. The maximum Gasteiger partial charge on any atom is 0.360 e. The number of rotatable bonds is 8. The SMILES string of the molecule is CCOC(=O)c1ncoc1C(Cc1ccc(OC)cc1)NC(=O)Nc1ccc(Cl)cc1. The highest BCUT2D eigenvalue weighted by Crippen LogP contribution is 2.24. The van der Waals surface area contributed by atoms with Crippen LogP contribution in [0.2, 0.25) is 5.02 Å². The topological polar surface area (TPSA) is 103 Å². The molecule has 2 aromatic carbocycles. The summed E-state index contributed by atoms with van der Waals surface area (Å²) in [5.41, 5.74) is 1.48. The lowest BCUT2D eigenvalue weighted by Gasteiger charge is -2.18. The first-order valence-corrected chi connectivity index (χ1v) is 9.94. The van der Waals surface area contributed by atoms with Gasteiger partial charge in [-0.2, -0.15) is 0 Å². The monoisotopic (exact) mass is 443 g/mol. The second kappa shape index (κ2) is 10.5. The van der Waals surface area contributed by atoms with Gasteiger partial charge in [0.1, 0.15) is 5.75 Å². The van der Waals surface area contributed by atoms with Gasteiger partial charge in [-0.25, -0.2) is 14.6 Å². The lowest BCUT2D eigenvalue weighted by atomic mass is 10.0. The number of hydrogen-bond donors (Lipinski definition) is 2. The van der Waals surface area contributed by atoms with Gasteiger partial charge in [-0.3, -0.25) is 0 Å². The first-order valence-electron chi connectivity index (χ1n) is 9.56. The van der Waals surface area contributed by atoms with E-state index in [0.717, 1.165) is 12.0 Å². The van der Waals surface area contributed by atoms with Crippen LogP contribution in [0.5, 0.6) is 5.75 Å². The zero-order chi connectivity index (χ0) is 22.2. The Morgan fingerprint density at radius 1 is 1.13 bits per heavy atom. The fourth-order valence-electron chi connectivity index (χ4n) is 2.92. The molecule has 0 aliphatic carbocycles. The molecule has 1 atom stereocenters. The molecule has 1 heterocycles. The Morgan fingerprint density at radius 2 is 1.84 bits per heavy atom. The minimum atomic E-state index is -0.678. The van der Waals surface area contributed by atoms with Crippen LogP contribution >= 0.6 is 11.6 Å². The minimum Gasteiger partial charge on any atom is -0.497 e. The molecule has 0 aliphatic rings. The minimum absolute atomic E-state index is 0.0205. The second-order valence-electron chi connectivity index (χ2n) is 6.50. The third-order valence-electron chi connectivity index (χ3n) is 4.39. The molecule has 2 N–H and O–H groups in total. The van der Waals surface area contributed by atoms with Crippen molar-refractivity contribution in [3.8, 4) is 5.75 Å². The molecule has 162 valence electrons. The number of hydrogen-bond acceptors (Lipinski definition) is 6. The summed E-state index contributed by atoms with van der Waals surface area (Å²) >= 11 is 5.88. The van der Waals surface area contributed by atoms with Crippen LogP contribution < -0.4 is 15.4 Å². The first kappa shape index (κ1) is 22.2. The lowest BCUT2D eigenvalue weighted by Crippen LogP contribution is -2.34. The van der Waals surface area contributed by atoms with Crippen LogP contribution in [0.4, 0.5) is 10.5 Å². The van der Waals surface area contributed by atoms with Crippen molar-refractivity contribution >= 4 is 29.3 Å². The number of nitrogens with zero attached hydrogens (tertiary/aromatic N) is 1. The van der Waals surface area contributed by atoms with Gasteiger partial charge in [0, 0.05) is 17.1 Å². The summed E-state index contributed by atoms with van der Waals surface area (Å²) in [5, 5.41) is 6.13. The van der Waals surface area contributed by atoms with Crippen molar-refractivity contribution in [1.82, 2.24) is 10.3 Å². The molecule has 0 fully saturated rings. The van der Waals surface area contributed by atoms with E-state index in [1.54, 1.807) is 38.3 Å². The van der Waals surface area contributed by atoms with E-state index < -0.39 is 18.0 Å². The zero-order valence-corrected chi connectivity index (χ0v) is 17.8. The van der Waals surface area contributed by atoms with Crippen molar-refractivity contribution in [2.75, 3.05) is 19.0 Å². The van der Waals surface area contributed by atoms with E-state index >= 15 is 0 Å². The third-order valence-corrected chi connectivity index (χ3v) is 4.64. The highest BCUT2D eigenvalue weighted by Gasteiger charge is 2.27. The highest BCUT2D eigenvalue weighted by atomic mass is 35.5. The number of nitrogens with one attached hydrogen (secondary N) is 2. The number of methoxy groups -OCH3 is 1. The summed E-state index contributed by atoms with van der Waals surface area (Å²) in [6, 6.07) is 12.9. The fraction of sp³-hybridized carbons (Fsp3) is 0.227. The summed E-state index contributed by atoms with van der Waals surface area (Å²) in [6.07, 6.45) is 1.50. The Balaban J connectivity index is 1.83. The number of ether oxygens (including phenoxy) is 2. The predicted octanol–water partition coefficient (Wildman–Crippen LogP) is 4.62. The van der Waals surface area contributed by atoms with Gasteiger partial charge >= 0.3 is 12.0 Å². The van der Waals surface area contributed by atoms with E-state index in [9.17, 15) is 9.59 Å². The van der Waals surface area contributed by atoms with Crippen LogP contribution in [0.15, 0.2) is 59.3 Å². The molecular weight excluding hydrogens is 422 g/mol. The predicted molar refractivity (Wildman–Crippen MR) is 116 cm³/mol. The average molecular weight is 444 g/mol. The molecule has 3 aromatic rings. The molecule has 1 unspecified atom stereocenters. The fourth-order valence-corrected chi connectivity index (χ4v) is 3.05. The van der Waals surface area contributed by atoms with E-state index in [-0.39, 0.29) is 18.1 Å². The van der Waals surface area contributed by atoms with Gasteiger partial charge < -0.3 is 24.5 Å². The van der Waals surface area contributed by atoms with Crippen LogP contribution in [0.25, 0.3) is 0 Å². The van der Waals surface area contributed by atoms with Crippen molar-refractivity contribution in [1.29, 1.82) is 0 Å². The lowest BCUT2D eigenvalue weighted by molar-refractivity contribution is 0.0516. The number of aromatic nitrogens is 1. The van der Waals surface area contributed by atoms with Crippen molar-refractivity contribution < 1.29 is 23.5 Å². The summed E-state index contributed by atoms with van der Waals surface area (Å²) < 4.78 is 15.7. The van der Waals surface area contributed by atoms with E-state index in [2.05, 4.69) is 15.6 Å². The largest absolute Gasteiger partial charge is 0.497 e. The molecular formula is C22H22ClN3O5. The summed E-state index contributed by atoms with van der Waals surface area (Å²) in [5.74, 6) is 0.298. The van der Waals surface area contributed by atoms with Crippen molar-refractivity contribution in [3.05, 3.63) is 77.0 Å². The number of halogens is 1. The quantitative estimate of drug-likeness (QED) is 0.492. The van der Waals surface area contributed by atoms with Crippen LogP contribution in [0.3, 0.4) is 0 Å². The summed E-state index contributed by atoms with van der Waals surface area (Å²) in [6.45, 7) is 1.89. The number of oxazole rings is 1. The van der Waals surface area contributed by atoms with Gasteiger partial charge in [-0.05, 0) is 48.9 Å². The Labute approximate surface area is 184 Å². The molecule has 0 spiro atoms. The third kappa shape index (κ3) is 5.99. The van der Waals surface area contributed by atoms with Crippen LogP contribution in [0, 0.1) is 0 Å². The van der Waals surface area contributed by atoms with Crippen LogP contribution in [0.1, 0.15) is 34.8 Å². The zero-order valence-electron chi connectivity index (χ0n) is 17.1. The molecule has 2 amide bonds. The van der Waals surface area contributed by atoms with Crippen molar-refractivity contribution in [3.63, 3.8) is 0 Å². The Morgan fingerprint density at radius 3 is 2.48 bits per heavy atom.